The Hall–Kier alpha value is -0.120. The van der Waals surface area contributed by atoms with Gasteiger partial charge in [0.1, 0.15) is 0 Å². The zero-order valence-electron chi connectivity index (χ0n) is 10.6. The molecule has 2 N–H and O–H groups in total. The van der Waals surface area contributed by atoms with E-state index in [1.165, 1.54) is 0 Å². The Labute approximate surface area is 94.2 Å². The summed E-state index contributed by atoms with van der Waals surface area (Å²) >= 11 is 0. The molecule has 0 fully saturated rings. The number of nitrogens with one attached hydrogen (secondary N) is 1. The van der Waals surface area contributed by atoms with Crippen LogP contribution in [0.25, 0.3) is 0 Å². The van der Waals surface area contributed by atoms with Crippen molar-refractivity contribution in [2.75, 3.05) is 26.8 Å². The standard InChI is InChI=1S/C12H27NO2/c1-5-11(6-2)12(14)8-13-7-10(3)9-15-4/h10-14H,5-9H2,1-4H3. The lowest BCUT2D eigenvalue weighted by atomic mass is 9.96. The van der Waals surface area contributed by atoms with E-state index < -0.39 is 0 Å². The van der Waals surface area contributed by atoms with Gasteiger partial charge in [0.05, 0.1) is 6.10 Å². The summed E-state index contributed by atoms with van der Waals surface area (Å²) in [6, 6.07) is 0. The molecule has 0 aliphatic heterocycles. The summed E-state index contributed by atoms with van der Waals surface area (Å²) in [5, 5.41) is 13.1. The minimum atomic E-state index is -0.213. The van der Waals surface area contributed by atoms with Gasteiger partial charge in [0, 0.05) is 20.3 Å². The van der Waals surface area contributed by atoms with Crippen LogP contribution < -0.4 is 5.32 Å². The van der Waals surface area contributed by atoms with E-state index in [0.29, 0.717) is 18.4 Å². The van der Waals surface area contributed by atoms with Crippen molar-refractivity contribution in [1.82, 2.24) is 5.32 Å². The van der Waals surface area contributed by atoms with Gasteiger partial charge in [-0.3, -0.25) is 0 Å². The molecule has 15 heavy (non-hydrogen) atoms. The van der Waals surface area contributed by atoms with Gasteiger partial charge in [-0.25, -0.2) is 0 Å². The molecule has 0 aromatic rings. The maximum Gasteiger partial charge on any atom is 0.0692 e. The Morgan fingerprint density at radius 2 is 1.80 bits per heavy atom. The van der Waals surface area contributed by atoms with E-state index in [-0.39, 0.29) is 6.10 Å². The maximum absolute atomic E-state index is 9.86. The Morgan fingerprint density at radius 1 is 1.20 bits per heavy atom. The third-order valence-electron chi connectivity index (χ3n) is 2.89. The molecule has 3 nitrogen and oxygen atoms in total. The molecule has 0 spiro atoms. The highest BCUT2D eigenvalue weighted by Crippen LogP contribution is 2.12. The second-order valence-electron chi connectivity index (χ2n) is 4.36. The van der Waals surface area contributed by atoms with Gasteiger partial charge in [-0.1, -0.05) is 33.6 Å². The predicted octanol–water partition coefficient (Wildman–Crippen LogP) is 1.66. The van der Waals surface area contributed by atoms with E-state index in [2.05, 4.69) is 26.1 Å². The lowest BCUT2D eigenvalue weighted by Crippen LogP contribution is -2.35. The highest BCUT2D eigenvalue weighted by atomic mass is 16.5. The zero-order chi connectivity index (χ0) is 11.7. The second kappa shape index (κ2) is 9.13. The molecule has 92 valence electrons. The lowest BCUT2D eigenvalue weighted by molar-refractivity contribution is 0.0975. The van der Waals surface area contributed by atoms with Crippen molar-refractivity contribution in [3.63, 3.8) is 0 Å². The average molecular weight is 217 g/mol. The molecule has 0 radical (unpaired) electrons. The largest absolute Gasteiger partial charge is 0.392 e. The van der Waals surface area contributed by atoms with Crippen LogP contribution in [-0.4, -0.2) is 38.0 Å². The molecule has 0 aliphatic rings. The van der Waals surface area contributed by atoms with E-state index in [9.17, 15) is 5.11 Å². The van der Waals surface area contributed by atoms with Crippen LogP contribution in [0.3, 0.4) is 0 Å². The summed E-state index contributed by atoms with van der Waals surface area (Å²) in [7, 11) is 1.72. The van der Waals surface area contributed by atoms with Gasteiger partial charge in [0.15, 0.2) is 0 Å². The first-order valence-corrected chi connectivity index (χ1v) is 6.03. The molecule has 0 saturated carbocycles. The lowest BCUT2D eigenvalue weighted by Gasteiger charge is -2.21. The molecule has 0 heterocycles. The molecule has 0 aromatic carbocycles. The fourth-order valence-electron chi connectivity index (χ4n) is 1.82. The first-order chi connectivity index (χ1) is 7.15. The third-order valence-corrected chi connectivity index (χ3v) is 2.89. The molecule has 0 aliphatic carbocycles. The molecule has 0 amide bonds. The summed E-state index contributed by atoms with van der Waals surface area (Å²) in [4.78, 5) is 0. The van der Waals surface area contributed by atoms with Crippen molar-refractivity contribution in [2.24, 2.45) is 11.8 Å². The van der Waals surface area contributed by atoms with E-state index in [4.69, 9.17) is 4.74 Å². The maximum atomic E-state index is 9.86. The first kappa shape index (κ1) is 14.9. The topological polar surface area (TPSA) is 41.5 Å². The van der Waals surface area contributed by atoms with E-state index in [0.717, 1.165) is 26.0 Å². The number of methoxy groups -OCH3 is 1. The first-order valence-electron chi connectivity index (χ1n) is 6.03. The average Bonchev–Trinajstić information content (AvgIpc) is 2.20. The Bertz CT molecular complexity index is 138. The number of aliphatic hydroxyl groups is 1. The minimum Gasteiger partial charge on any atom is -0.392 e. The normalized spacial score (nSPS) is 15.6. The highest BCUT2D eigenvalue weighted by molar-refractivity contribution is 4.69. The fourth-order valence-corrected chi connectivity index (χ4v) is 1.82. The number of aliphatic hydroxyl groups excluding tert-OH is 1. The smallest absolute Gasteiger partial charge is 0.0692 e. The van der Waals surface area contributed by atoms with E-state index >= 15 is 0 Å². The van der Waals surface area contributed by atoms with Gasteiger partial charge in [-0.2, -0.15) is 0 Å². The van der Waals surface area contributed by atoms with Crippen molar-refractivity contribution in [1.29, 1.82) is 0 Å². The van der Waals surface area contributed by atoms with Gasteiger partial charge < -0.3 is 15.2 Å². The van der Waals surface area contributed by atoms with E-state index in [1.807, 2.05) is 0 Å². The van der Waals surface area contributed by atoms with Crippen LogP contribution in [0.4, 0.5) is 0 Å². The molecule has 0 rings (SSSR count). The van der Waals surface area contributed by atoms with Crippen LogP contribution in [0.15, 0.2) is 0 Å². The van der Waals surface area contributed by atoms with Crippen molar-refractivity contribution in [2.45, 2.75) is 39.7 Å². The zero-order valence-corrected chi connectivity index (χ0v) is 10.6. The highest BCUT2D eigenvalue weighted by Gasteiger charge is 2.14. The van der Waals surface area contributed by atoms with Crippen LogP contribution in [0, 0.1) is 11.8 Å². The molecule has 3 heteroatoms. The molecule has 2 atom stereocenters. The molecule has 0 bridgehead atoms. The molecule has 0 saturated heterocycles. The number of ether oxygens (including phenoxy) is 1. The summed E-state index contributed by atoms with van der Waals surface area (Å²) in [6.07, 6.45) is 1.88. The van der Waals surface area contributed by atoms with Crippen LogP contribution in [0.5, 0.6) is 0 Å². The van der Waals surface area contributed by atoms with Crippen LogP contribution in [0.2, 0.25) is 0 Å². The Balaban J connectivity index is 3.57. The number of rotatable bonds is 9. The van der Waals surface area contributed by atoms with Crippen molar-refractivity contribution < 1.29 is 9.84 Å². The third kappa shape index (κ3) is 6.88. The van der Waals surface area contributed by atoms with Crippen molar-refractivity contribution in [3.8, 4) is 0 Å². The molecule has 2 unspecified atom stereocenters. The Morgan fingerprint density at radius 3 is 2.27 bits per heavy atom. The monoisotopic (exact) mass is 217 g/mol. The summed E-state index contributed by atoms with van der Waals surface area (Å²) < 4.78 is 5.05. The predicted molar refractivity (Wildman–Crippen MR) is 64.0 cm³/mol. The van der Waals surface area contributed by atoms with Crippen molar-refractivity contribution in [3.05, 3.63) is 0 Å². The second-order valence-corrected chi connectivity index (χ2v) is 4.36. The van der Waals surface area contributed by atoms with Crippen LogP contribution >= 0.6 is 0 Å². The quantitative estimate of drug-likeness (QED) is 0.617. The summed E-state index contributed by atoms with van der Waals surface area (Å²) in [5.41, 5.74) is 0. The van der Waals surface area contributed by atoms with Gasteiger partial charge in [0.25, 0.3) is 0 Å². The van der Waals surface area contributed by atoms with Gasteiger partial charge in [-0.15, -0.1) is 0 Å². The minimum absolute atomic E-state index is 0.213. The fraction of sp³-hybridized carbons (Fsp3) is 1.00. The summed E-state index contributed by atoms with van der Waals surface area (Å²) in [5.74, 6) is 0.930. The van der Waals surface area contributed by atoms with Crippen LogP contribution in [-0.2, 0) is 4.74 Å². The van der Waals surface area contributed by atoms with Gasteiger partial charge >= 0.3 is 0 Å². The van der Waals surface area contributed by atoms with Gasteiger partial charge in [0.2, 0.25) is 0 Å². The number of hydrogen-bond acceptors (Lipinski definition) is 3. The van der Waals surface area contributed by atoms with Gasteiger partial charge in [-0.05, 0) is 18.4 Å². The molecular formula is C12H27NO2. The van der Waals surface area contributed by atoms with Crippen molar-refractivity contribution >= 4 is 0 Å². The SMILES string of the molecule is CCC(CC)C(O)CNCC(C)COC. The molecule has 0 aromatic heterocycles. The molecular weight excluding hydrogens is 190 g/mol. The van der Waals surface area contributed by atoms with Crippen LogP contribution in [0.1, 0.15) is 33.6 Å². The Kier molecular flexibility index (Phi) is 9.06. The van der Waals surface area contributed by atoms with E-state index in [1.54, 1.807) is 7.11 Å². The number of hydrogen-bond donors (Lipinski definition) is 2. The summed E-state index contributed by atoms with van der Waals surface area (Å²) in [6.45, 7) is 8.77.